The Kier molecular flexibility index (Phi) is 10.4. The van der Waals surface area contributed by atoms with Gasteiger partial charge < -0.3 is 24.6 Å². The van der Waals surface area contributed by atoms with Gasteiger partial charge in [-0.15, -0.1) is 0 Å². The average molecular weight is 532 g/mol. The number of esters is 1. The largest absolute Gasteiger partial charge is 0.460 e. The van der Waals surface area contributed by atoms with Crippen molar-refractivity contribution >= 4 is 17.8 Å². The number of amides is 2. The Morgan fingerprint density at radius 1 is 1.24 bits per heavy atom. The fourth-order valence-electron chi connectivity index (χ4n) is 4.78. The van der Waals surface area contributed by atoms with Crippen LogP contribution in [0.4, 0.5) is 4.39 Å². The van der Waals surface area contributed by atoms with E-state index in [1.165, 1.54) is 23.1 Å². The van der Waals surface area contributed by atoms with E-state index in [4.69, 9.17) is 9.26 Å². The summed E-state index contributed by atoms with van der Waals surface area (Å²) in [5.74, 6) is -1.37. The van der Waals surface area contributed by atoms with Crippen molar-refractivity contribution in [1.82, 2.24) is 15.4 Å². The Morgan fingerprint density at radius 2 is 2.00 bits per heavy atom. The van der Waals surface area contributed by atoms with Gasteiger partial charge in [0.2, 0.25) is 5.91 Å². The number of hydrogen-bond donors (Lipinski definition) is 2. The molecule has 0 aromatic carbocycles. The molecule has 5 atom stereocenters. The first kappa shape index (κ1) is 29.3. The molecule has 2 aliphatic heterocycles. The highest BCUT2D eigenvalue weighted by Gasteiger charge is 2.38. The van der Waals surface area contributed by atoms with Crippen LogP contribution in [0.1, 0.15) is 63.2 Å². The minimum absolute atomic E-state index is 0.00515. The first-order chi connectivity index (χ1) is 18.0. The molecule has 2 N–H and O–H groups in total. The third kappa shape index (κ3) is 8.11. The van der Waals surface area contributed by atoms with Crippen molar-refractivity contribution in [3.8, 4) is 0 Å². The van der Waals surface area contributed by atoms with E-state index < -0.39 is 36.3 Å². The molecule has 10 heteroatoms. The SMILES string of the molecule is CC1=C\[C@@H](O)C[C@@H](F)Cc2cc(no2)C(=O)N2CCC[C@@H]2C(=O)O[C@H](C(C)C)[C@H](C)/C=C/C(=O)NC\C=C\1. The fraction of sp³-hybridized carbons (Fsp3) is 0.571. The van der Waals surface area contributed by atoms with Gasteiger partial charge in [0.1, 0.15) is 24.1 Å². The molecule has 0 aliphatic carbocycles. The molecule has 1 aromatic rings. The highest BCUT2D eigenvalue weighted by atomic mass is 19.1. The molecule has 0 radical (unpaired) electrons. The number of aromatic nitrogens is 1. The van der Waals surface area contributed by atoms with Crippen molar-refractivity contribution in [2.45, 2.75) is 77.8 Å². The van der Waals surface area contributed by atoms with E-state index in [1.54, 1.807) is 25.2 Å². The van der Waals surface area contributed by atoms with Crippen LogP contribution in [0, 0.1) is 11.8 Å². The van der Waals surface area contributed by atoms with Crippen molar-refractivity contribution in [2.24, 2.45) is 11.8 Å². The van der Waals surface area contributed by atoms with E-state index in [0.717, 1.165) is 5.57 Å². The van der Waals surface area contributed by atoms with Gasteiger partial charge in [-0.2, -0.15) is 0 Å². The second kappa shape index (κ2) is 13.5. The molecule has 1 saturated heterocycles. The zero-order valence-corrected chi connectivity index (χ0v) is 22.4. The van der Waals surface area contributed by atoms with Crippen LogP contribution in [0.5, 0.6) is 0 Å². The molecule has 1 fully saturated rings. The van der Waals surface area contributed by atoms with Crippen LogP contribution >= 0.6 is 0 Å². The molecule has 9 nitrogen and oxygen atoms in total. The number of cyclic esters (lactones) is 1. The number of fused-ring (bicyclic) bond motifs is 3. The summed E-state index contributed by atoms with van der Waals surface area (Å²) in [6.07, 6.45) is 5.94. The van der Waals surface area contributed by atoms with Crippen molar-refractivity contribution in [3.63, 3.8) is 0 Å². The van der Waals surface area contributed by atoms with E-state index in [-0.39, 0.29) is 48.6 Å². The molecule has 208 valence electrons. The minimum atomic E-state index is -1.42. The second-order valence-corrected chi connectivity index (χ2v) is 10.4. The Morgan fingerprint density at radius 3 is 2.74 bits per heavy atom. The molecule has 0 spiro atoms. The molecular formula is C28H38FN3O6. The third-order valence-electron chi connectivity index (χ3n) is 6.69. The number of rotatable bonds is 1. The number of carbonyl (C=O) groups is 3. The van der Waals surface area contributed by atoms with Crippen molar-refractivity contribution < 1.29 is 33.1 Å². The first-order valence-corrected chi connectivity index (χ1v) is 13.1. The van der Waals surface area contributed by atoms with Gasteiger partial charge in [0, 0.05) is 37.9 Å². The smallest absolute Gasteiger partial charge is 0.329 e. The normalized spacial score (nSPS) is 31.7. The second-order valence-electron chi connectivity index (χ2n) is 10.4. The number of carbonyl (C=O) groups excluding carboxylic acids is 3. The average Bonchev–Trinajstić information content (AvgIpc) is 3.52. The van der Waals surface area contributed by atoms with Gasteiger partial charge in [-0.05, 0) is 31.8 Å². The summed E-state index contributed by atoms with van der Waals surface area (Å²) < 4.78 is 25.7. The summed E-state index contributed by atoms with van der Waals surface area (Å²) in [5, 5.41) is 16.8. The molecule has 2 aliphatic rings. The summed E-state index contributed by atoms with van der Waals surface area (Å²) in [6, 6.07) is 0.616. The van der Waals surface area contributed by atoms with Gasteiger partial charge in [-0.1, -0.05) is 55.8 Å². The molecular weight excluding hydrogens is 493 g/mol. The molecule has 2 bridgehead atoms. The van der Waals surface area contributed by atoms with Crippen LogP contribution in [0.25, 0.3) is 0 Å². The number of halogens is 1. The van der Waals surface area contributed by atoms with Crippen LogP contribution in [-0.4, -0.2) is 70.5 Å². The van der Waals surface area contributed by atoms with Crippen LogP contribution in [0.15, 0.2) is 46.5 Å². The number of aliphatic hydroxyl groups excluding tert-OH is 1. The molecule has 2 amide bonds. The molecule has 1 aromatic heterocycles. The Balaban J connectivity index is 1.85. The summed E-state index contributed by atoms with van der Waals surface area (Å²) in [6.45, 7) is 8.13. The summed E-state index contributed by atoms with van der Waals surface area (Å²) in [7, 11) is 0. The number of ether oxygens (including phenoxy) is 1. The number of aliphatic hydroxyl groups is 1. The maximum Gasteiger partial charge on any atom is 0.329 e. The Bertz CT molecular complexity index is 1080. The first-order valence-electron chi connectivity index (χ1n) is 13.1. The lowest BCUT2D eigenvalue weighted by Crippen LogP contribution is -2.44. The highest BCUT2D eigenvalue weighted by Crippen LogP contribution is 2.25. The Hall–Kier alpha value is -3.27. The van der Waals surface area contributed by atoms with Crippen LogP contribution < -0.4 is 5.32 Å². The van der Waals surface area contributed by atoms with Crippen LogP contribution in [-0.2, 0) is 20.7 Å². The zero-order chi connectivity index (χ0) is 27.8. The van der Waals surface area contributed by atoms with E-state index in [0.29, 0.717) is 19.4 Å². The van der Waals surface area contributed by atoms with Gasteiger partial charge >= 0.3 is 5.97 Å². The predicted molar refractivity (Wildman–Crippen MR) is 139 cm³/mol. The third-order valence-corrected chi connectivity index (χ3v) is 6.69. The van der Waals surface area contributed by atoms with Crippen LogP contribution in [0.3, 0.4) is 0 Å². The molecule has 3 heterocycles. The number of allylic oxidation sites excluding steroid dienone is 2. The van der Waals surface area contributed by atoms with Crippen molar-refractivity contribution in [1.29, 1.82) is 0 Å². The summed E-state index contributed by atoms with van der Waals surface area (Å²) >= 11 is 0. The number of nitrogens with zero attached hydrogens (tertiary/aromatic N) is 2. The monoisotopic (exact) mass is 531 g/mol. The van der Waals surface area contributed by atoms with Gasteiger partial charge in [0.05, 0.1) is 6.10 Å². The maximum atomic E-state index is 14.6. The maximum absolute atomic E-state index is 14.6. The zero-order valence-electron chi connectivity index (χ0n) is 22.4. The molecule has 3 rings (SSSR count). The Labute approximate surface area is 222 Å². The van der Waals surface area contributed by atoms with E-state index in [2.05, 4.69) is 10.5 Å². The standard InChI is InChI=1S/C28H38FN3O6/c1-17(2)26-19(4)9-10-25(34)30-11-5-7-18(3)13-21(33)14-20(29)15-22-16-23(31-38-22)27(35)32-12-6-8-24(32)28(36)37-26/h5,7,9-10,13,16-17,19-21,24,26,33H,6,8,11-12,14-15H2,1-4H3,(H,30,34)/b7-5+,10-9+,18-13+/t19-,20-,21-,24-,26-/m1/s1. The highest BCUT2D eigenvalue weighted by molar-refractivity contribution is 5.95. The van der Waals surface area contributed by atoms with Gasteiger partial charge in [-0.3, -0.25) is 9.59 Å². The predicted octanol–water partition coefficient (Wildman–Crippen LogP) is 3.30. The van der Waals surface area contributed by atoms with E-state index >= 15 is 0 Å². The van der Waals surface area contributed by atoms with Gasteiger partial charge in [0.25, 0.3) is 5.91 Å². The van der Waals surface area contributed by atoms with Crippen molar-refractivity contribution in [3.05, 3.63) is 53.5 Å². The summed E-state index contributed by atoms with van der Waals surface area (Å²) in [4.78, 5) is 40.0. The quantitative estimate of drug-likeness (QED) is 0.533. The fourth-order valence-corrected chi connectivity index (χ4v) is 4.78. The van der Waals surface area contributed by atoms with E-state index in [9.17, 15) is 23.9 Å². The summed E-state index contributed by atoms with van der Waals surface area (Å²) in [5.41, 5.74) is 0.713. The number of alkyl halides is 1. The molecule has 0 saturated carbocycles. The molecule has 38 heavy (non-hydrogen) atoms. The lowest BCUT2D eigenvalue weighted by atomic mass is 9.94. The van der Waals surface area contributed by atoms with Gasteiger partial charge in [-0.25, -0.2) is 9.18 Å². The van der Waals surface area contributed by atoms with Crippen LogP contribution in [0.2, 0.25) is 0 Å². The van der Waals surface area contributed by atoms with Gasteiger partial charge in [0.15, 0.2) is 5.69 Å². The number of nitrogens with one attached hydrogen (secondary N) is 1. The van der Waals surface area contributed by atoms with Crippen molar-refractivity contribution in [2.75, 3.05) is 13.1 Å². The minimum Gasteiger partial charge on any atom is -0.460 e. The lowest BCUT2D eigenvalue weighted by molar-refractivity contribution is -0.158. The molecule has 0 unspecified atom stereocenters. The topological polar surface area (TPSA) is 122 Å². The number of hydrogen-bond acceptors (Lipinski definition) is 7. The lowest BCUT2D eigenvalue weighted by Gasteiger charge is -2.29. The van der Waals surface area contributed by atoms with E-state index in [1.807, 2.05) is 20.8 Å².